The van der Waals surface area contributed by atoms with Crippen LogP contribution in [0.25, 0.3) is 0 Å². The van der Waals surface area contributed by atoms with Crippen LogP contribution in [-0.4, -0.2) is 51.2 Å². The largest absolute Gasteiger partial charge is 0.338 e. The first kappa shape index (κ1) is 17.6. The van der Waals surface area contributed by atoms with Crippen LogP contribution in [0.1, 0.15) is 41.0 Å². The van der Waals surface area contributed by atoms with Crippen molar-refractivity contribution in [2.24, 2.45) is 5.41 Å². The van der Waals surface area contributed by atoms with Crippen LogP contribution in [0.4, 0.5) is 0 Å². The van der Waals surface area contributed by atoms with Crippen molar-refractivity contribution in [1.82, 2.24) is 19.8 Å². The maximum Gasteiger partial charge on any atom is 0.272 e. The highest BCUT2D eigenvalue weighted by atomic mass is 16.2. The molecule has 2 aliphatic heterocycles. The first-order valence-corrected chi connectivity index (χ1v) is 9.49. The molecule has 2 aliphatic rings. The van der Waals surface area contributed by atoms with Crippen molar-refractivity contribution in [3.8, 4) is 0 Å². The van der Waals surface area contributed by atoms with Gasteiger partial charge in [0, 0.05) is 44.3 Å². The molecule has 27 heavy (non-hydrogen) atoms. The van der Waals surface area contributed by atoms with Crippen LogP contribution in [0.5, 0.6) is 0 Å². The van der Waals surface area contributed by atoms with Crippen LogP contribution in [0.2, 0.25) is 0 Å². The molecule has 4 heterocycles. The van der Waals surface area contributed by atoms with Gasteiger partial charge < -0.3 is 9.80 Å². The molecule has 0 aliphatic carbocycles. The number of hydrogen-bond acceptors (Lipinski definition) is 4. The van der Waals surface area contributed by atoms with Gasteiger partial charge in [-0.15, -0.1) is 0 Å². The Balaban J connectivity index is 1.49. The van der Waals surface area contributed by atoms with E-state index in [-0.39, 0.29) is 11.8 Å². The van der Waals surface area contributed by atoms with Crippen LogP contribution in [0, 0.1) is 12.3 Å². The molecule has 1 atom stereocenters. The van der Waals surface area contributed by atoms with E-state index in [2.05, 4.69) is 9.97 Å². The van der Waals surface area contributed by atoms with Gasteiger partial charge in [-0.1, -0.05) is 12.1 Å². The molecule has 0 saturated carbocycles. The molecule has 2 aromatic rings. The number of likely N-dealkylation sites (tertiary alicyclic amines) is 2. The molecule has 140 valence electrons. The summed E-state index contributed by atoms with van der Waals surface area (Å²) >= 11 is 0. The zero-order valence-electron chi connectivity index (χ0n) is 15.6. The molecule has 0 unspecified atom stereocenters. The lowest BCUT2D eigenvalue weighted by Crippen LogP contribution is -2.49. The van der Waals surface area contributed by atoms with Crippen molar-refractivity contribution in [2.45, 2.75) is 32.7 Å². The summed E-state index contributed by atoms with van der Waals surface area (Å²) in [6.07, 6.45) is 6.04. The number of rotatable bonds is 3. The third-order valence-corrected chi connectivity index (χ3v) is 5.67. The molecule has 2 aromatic heterocycles. The normalized spacial score (nSPS) is 22.5. The maximum atomic E-state index is 13.2. The van der Waals surface area contributed by atoms with E-state index in [0.29, 0.717) is 25.3 Å². The number of amides is 2. The summed E-state index contributed by atoms with van der Waals surface area (Å²) in [5.74, 6) is 0.0948. The quantitative estimate of drug-likeness (QED) is 0.839. The van der Waals surface area contributed by atoms with E-state index in [4.69, 9.17) is 0 Å². The summed E-state index contributed by atoms with van der Waals surface area (Å²) in [4.78, 5) is 38.3. The Morgan fingerprint density at radius 1 is 1.19 bits per heavy atom. The third-order valence-electron chi connectivity index (χ3n) is 5.67. The fraction of sp³-hybridized carbons (Fsp3) is 0.429. The highest BCUT2D eigenvalue weighted by Crippen LogP contribution is 2.40. The van der Waals surface area contributed by atoms with Gasteiger partial charge in [0.15, 0.2) is 0 Å². The fourth-order valence-corrected chi connectivity index (χ4v) is 4.26. The molecule has 2 saturated heterocycles. The van der Waals surface area contributed by atoms with Crippen LogP contribution in [0.3, 0.4) is 0 Å². The number of carbonyl (C=O) groups is 2. The molecule has 2 fully saturated rings. The Bertz CT molecular complexity index is 854. The molecule has 6 heteroatoms. The molecule has 6 nitrogen and oxygen atoms in total. The monoisotopic (exact) mass is 364 g/mol. The minimum atomic E-state index is -0.445. The molecule has 4 rings (SSSR count). The van der Waals surface area contributed by atoms with Crippen LogP contribution >= 0.6 is 0 Å². The second-order valence-electron chi connectivity index (χ2n) is 7.61. The number of piperidine rings is 1. The topological polar surface area (TPSA) is 66.4 Å². The number of hydrogen-bond donors (Lipinski definition) is 0. The zero-order chi connectivity index (χ0) is 18.9. The summed E-state index contributed by atoms with van der Waals surface area (Å²) in [6, 6.07) is 9.37. The van der Waals surface area contributed by atoms with Gasteiger partial charge in [-0.2, -0.15) is 0 Å². The summed E-state index contributed by atoms with van der Waals surface area (Å²) in [6.45, 7) is 4.38. The van der Waals surface area contributed by atoms with Crippen LogP contribution in [0.15, 0.2) is 42.7 Å². The Morgan fingerprint density at radius 2 is 2.07 bits per heavy atom. The van der Waals surface area contributed by atoms with Crippen molar-refractivity contribution in [2.75, 3.05) is 19.6 Å². The summed E-state index contributed by atoms with van der Waals surface area (Å²) in [7, 11) is 0. The second-order valence-corrected chi connectivity index (χ2v) is 7.61. The number of pyridine rings is 2. The van der Waals surface area contributed by atoms with Gasteiger partial charge in [0.2, 0.25) is 5.91 Å². The van der Waals surface area contributed by atoms with Gasteiger partial charge in [-0.05, 0) is 49.9 Å². The Hall–Kier alpha value is -2.76. The Morgan fingerprint density at radius 3 is 2.85 bits per heavy atom. The molecule has 2 amide bonds. The fourth-order valence-electron chi connectivity index (χ4n) is 4.26. The SMILES string of the molecule is Cc1cccc(C(=O)N2CCC[C@]3(CCN(Cc4cccnc4)C3=O)C2)n1. The number of carbonyl (C=O) groups excluding carboxylic acids is 2. The molecule has 1 spiro atoms. The lowest BCUT2D eigenvalue weighted by Gasteiger charge is -2.39. The van der Waals surface area contributed by atoms with Crippen molar-refractivity contribution in [1.29, 1.82) is 0 Å². The molecule has 0 radical (unpaired) electrons. The van der Waals surface area contributed by atoms with E-state index in [0.717, 1.165) is 37.1 Å². The lowest BCUT2D eigenvalue weighted by atomic mass is 9.78. The smallest absolute Gasteiger partial charge is 0.272 e. The average Bonchev–Trinajstić information content (AvgIpc) is 2.98. The molecular formula is C21H24N4O2. The van der Waals surface area contributed by atoms with Gasteiger partial charge >= 0.3 is 0 Å². The van der Waals surface area contributed by atoms with Crippen molar-refractivity contribution in [3.05, 3.63) is 59.7 Å². The van der Waals surface area contributed by atoms with E-state index in [1.807, 2.05) is 41.0 Å². The molecule has 0 aromatic carbocycles. The predicted octanol–water partition coefficient (Wildman–Crippen LogP) is 2.44. The van der Waals surface area contributed by atoms with Gasteiger partial charge in [-0.25, -0.2) is 4.98 Å². The Kier molecular flexibility index (Phi) is 4.64. The van der Waals surface area contributed by atoms with E-state index in [9.17, 15) is 9.59 Å². The minimum Gasteiger partial charge on any atom is -0.338 e. The van der Waals surface area contributed by atoms with Gasteiger partial charge in [0.25, 0.3) is 5.91 Å². The summed E-state index contributed by atoms with van der Waals surface area (Å²) in [5.41, 5.74) is 1.88. The van der Waals surface area contributed by atoms with Crippen molar-refractivity contribution in [3.63, 3.8) is 0 Å². The van der Waals surface area contributed by atoms with Crippen LogP contribution < -0.4 is 0 Å². The standard InChI is InChI=1S/C21H24N4O2/c1-16-5-2-7-18(23-16)19(26)25-11-4-8-21(15-25)9-12-24(20(21)27)14-17-6-3-10-22-13-17/h2-3,5-7,10,13H,4,8-9,11-12,14-15H2,1H3/t21-/m0/s1. The molecular weight excluding hydrogens is 340 g/mol. The van der Waals surface area contributed by atoms with Gasteiger partial charge in [-0.3, -0.25) is 14.6 Å². The highest BCUT2D eigenvalue weighted by molar-refractivity contribution is 5.93. The Labute approximate surface area is 159 Å². The lowest BCUT2D eigenvalue weighted by molar-refractivity contribution is -0.138. The van der Waals surface area contributed by atoms with Gasteiger partial charge in [0.05, 0.1) is 5.41 Å². The molecule has 0 bridgehead atoms. The maximum absolute atomic E-state index is 13.2. The minimum absolute atomic E-state index is 0.0729. The van der Waals surface area contributed by atoms with Crippen molar-refractivity contribution >= 4 is 11.8 Å². The summed E-state index contributed by atoms with van der Waals surface area (Å²) in [5, 5.41) is 0. The van der Waals surface area contributed by atoms with E-state index < -0.39 is 5.41 Å². The van der Waals surface area contributed by atoms with Crippen LogP contribution in [-0.2, 0) is 11.3 Å². The predicted molar refractivity (Wildman–Crippen MR) is 101 cm³/mol. The first-order chi connectivity index (χ1) is 13.1. The molecule has 0 N–H and O–H groups in total. The number of aromatic nitrogens is 2. The summed E-state index contributed by atoms with van der Waals surface area (Å²) < 4.78 is 0. The third kappa shape index (κ3) is 3.44. The zero-order valence-corrected chi connectivity index (χ0v) is 15.6. The number of nitrogens with zero attached hydrogens (tertiary/aromatic N) is 4. The second kappa shape index (κ2) is 7.10. The highest BCUT2D eigenvalue weighted by Gasteiger charge is 2.49. The van der Waals surface area contributed by atoms with Gasteiger partial charge in [0.1, 0.15) is 5.69 Å². The first-order valence-electron chi connectivity index (χ1n) is 9.49. The number of aryl methyl sites for hydroxylation is 1. The van der Waals surface area contributed by atoms with E-state index in [1.54, 1.807) is 18.5 Å². The van der Waals surface area contributed by atoms with E-state index >= 15 is 0 Å². The average molecular weight is 364 g/mol. The van der Waals surface area contributed by atoms with Crippen molar-refractivity contribution < 1.29 is 9.59 Å². The van der Waals surface area contributed by atoms with E-state index in [1.165, 1.54) is 0 Å².